The monoisotopic (exact) mass is 269 g/mol. The minimum atomic E-state index is -0.604. The van der Waals surface area contributed by atoms with Gasteiger partial charge < -0.3 is 15.2 Å². The first kappa shape index (κ1) is 13.2. The Morgan fingerprint density at radius 1 is 1.44 bits per heavy atom. The normalized spacial score (nSPS) is 18.0. The average molecular weight is 270 g/mol. The van der Waals surface area contributed by atoms with E-state index in [9.17, 15) is 4.79 Å². The van der Waals surface area contributed by atoms with Crippen LogP contribution in [0.2, 0.25) is 5.02 Å². The predicted octanol–water partition coefficient (Wildman–Crippen LogP) is 2.30. The minimum Gasteiger partial charge on any atom is -0.497 e. The lowest BCUT2D eigenvalue weighted by Gasteiger charge is -2.22. The van der Waals surface area contributed by atoms with Gasteiger partial charge in [0.15, 0.2) is 0 Å². The third-order valence-electron chi connectivity index (χ3n) is 3.52. The largest absolute Gasteiger partial charge is 0.497 e. The van der Waals surface area contributed by atoms with Gasteiger partial charge in [-0.05, 0) is 30.5 Å². The highest BCUT2D eigenvalue weighted by Gasteiger charge is 2.56. The van der Waals surface area contributed by atoms with E-state index in [0.29, 0.717) is 10.8 Å². The minimum absolute atomic E-state index is 0.262. The third-order valence-corrected chi connectivity index (χ3v) is 3.85. The van der Waals surface area contributed by atoms with Crippen LogP contribution in [0.1, 0.15) is 24.4 Å². The highest BCUT2D eigenvalue weighted by Crippen LogP contribution is 2.55. The molecule has 4 nitrogen and oxygen atoms in total. The zero-order valence-electron chi connectivity index (χ0n) is 10.4. The summed E-state index contributed by atoms with van der Waals surface area (Å²) in [5, 5.41) is 0.511. The van der Waals surface area contributed by atoms with E-state index >= 15 is 0 Å². The first-order valence-corrected chi connectivity index (χ1v) is 6.10. The van der Waals surface area contributed by atoms with Gasteiger partial charge in [-0.3, -0.25) is 4.79 Å². The van der Waals surface area contributed by atoms with E-state index in [2.05, 4.69) is 0 Å². The molecule has 5 heteroatoms. The molecular formula is C13H16ClNO3. The summed E-state index contributed by atoms with van der Waals surface area (Å²) in [5.41, 5.74) is 6.32. The van der Waals surface area contributed by atoms with E-state index in [1.807, 2.05) is 0 Å². The van der Waals surface area contributed by atoms with Crippen LogP contribution in [-0.4, -0.2) is 20.2 Å². The molecule has 0 heterocycles. The Morgan fingerprint density at radius 3 is 2.56 bits per heavy atom. The van der Waals surface area contributed by atoms with Crippen molar-refractivity contribution in [3.8, 4) is 5.75 Å². The standard InChI is InChI=1S/C13H16ClNO3/c1-17-8-3-4-9(10(14)7-8)11(15)13(5-6-13)12(16)18-2/h3-4,7,11H,5-6,15H2,1-2H3. The zero-order chi connectivity index (χ0) is 13.3. The van der Waals surface area contributed by atoms with Crippen LogP contribution >= 0.6 is 11.6 Å². The molecule has 1 aliphatic rings. The molecule has 2 rings (SSSR count). The molecular weight excluding hydrogens is 254 g/mol. The van der Waals surface area contributed by atoms with Crippen LogP contribution in [0.15, 0.2) is 18.2 Å². The number of halogens is 1. The van der Waals surface area contributed by atoms with Gasteiger partial charge in [-0.15, -0.1) is 0 Å². The maximum atomic E-state index is 11.8. The highest BCUT2D eigenvalue weighted by molar-refractivity contribution is 6.31. The summed E-state index contributed by atoms with van der Waals surface area (Å²) in [7, 11) is 2.95. The summed E-state index contributed by atoms with van der Waals surface area (Å²) in [5.74, 6) is 0.403. The molecule has 0 amide bonds. The topological polar surface area (TPSA) is 61.5 Å². The highest BCUT2D eigenvalue weighted by atomic mass is 35.5. The molecule has 18 heavy (non-hydrogen) atoms. The molecule has 2 N–H and O–H groups in total. The Kier molecular flexibility index (Phi) is 3.50. The van der Waals surface area contributed by atoms with Crippen molar-refractivity contribution in [2.75, 3.05) is 14.2 Å². The summed E-state index contributed by atoms with van der Waals surface area (Å²) in [6.07, 6.45) is 1.48. The third kappa shape index (κ3) is 2.06. The van der Waals surface area contributed by atoms with Crippen molar-refractivity contribution < 1.29 is 14.3 Å². The van der Waals surface area contributed by atoms with E-state index in [1.54, 1.807) is 25.3 Å². The molecule has 0 aromatic heterocycles. The molecule has 0 saturated heterocycles. The smallest absolute Gasteiger partial charge is 0.313 e. The average Bonchev–Trinajstić information content (AvgIpc) is 3.18. The SMILES string of the molecule is COC(=O)C1(C(N)c2ccc(OC)cc2Cl)CC1. The molecule has 1 unspecified atom stereocenters. The lowest BCUT2D eigenvalue weighted by molar-refractivity contribution is -0.148. The second kappa shape index (κ2) is 4.78. The number of rotatable bonds is 4. The van der Waals surface area contributed by atoms with Gasteiger partial charge in [0.2, 0.25) is 0 Å². The first-order chi connectivity index (χ1) is 8.55. The number of hydrogen-bond donors (Lipinski definition) is 1. The molecule has 1 aromatic rings. The fourth-order valence-electron chi connectivity index (χ4n) is 2.16. The fourth-order valence-corrected chi connectivity index (χ4v) is 2.45. The van der Waals surface area contributed by atoms with Crippen molar-refractivity contribution >= 4 is 17.6 Å². The number of benzene rings is 1. The number of carbonyl (C=O) groups excluding carboxylic acids is 1. The van der Waals surface area contributed by atoms with Crippen LogP contribution < -0.4 is 10.5 Å². The number of nitrogens with two attached hydrogens (primary N) is 1. The van der Waals surface area contributed by atoms with E-state index in [-0.39, 0.29) is 5.97 Å². The van der Waals surface area contributed by atoms with Gasteiger partial charge in [0.05, 0.1) is 19.6 Å². The quantitative estimate of drug-likeness (QED) is 0.852. The molecule has 98 valence electrons. The van der Waals surface area contributed by atoms with Gasteiger partial charge >= 0.3 is 5.97 Å². The van der Waals surface area contributed by atoms with E-state index in [1.165, 1.54) is 7.11 Å². The van der Waals surface area contributed by atoms with Crippen molar-refractivity contribution in [2.24, 2.45) is 11.1 Å². The number of esters is 1. The second-order valence-corrected chi connectivity index (χ2v) is 4.92. The molecule has 1 aliphatic carbocycles. The summed E-state index contributed by atoms with van der Waals surface area (Å²) in [4.78, 5) is 11.8. The molecule has 0 bridgehead atoms. The van der Waals surface area contributed by atoms with Crippen molar-refractivity contribution in [2.45, 2.75) is 18.9 Å². The number of hydrogen-bond acceptors (Lipinski definition) is 4. The summed E-state index contributed by atoms with van der Waals surface area (Å²) in [6.45, 7) is 0. The Labute approximate surface area is 111 Å². The van der Waals surface area contributed by atoms with Gasteiger partial charge in [-0.25, -0.2) is 0 Å². The molecule has 1 atom stereocenters. The number of ether oxygens (including phenoxy) is 2. The lowest BCUT2D eigenvalue weighted by Crippen LogP contribution is -2.31. The summed E-state index contributed by atoms with van der Waals surface area (Å²) in [6, 6.07) is 4.84. The molecule has 0 aliphatic heterocycles. The predicted molar refractivity (Wildman–Crippen MR) is 68.6 cm³/mol. The van der Waals surface area contributed by atoms with Gasteiger partial charge in [0, 0.05) is 11.1 Å². The van der Waals surface area contributed by atoms with Crippen LogP contribution in [-0.2, 0) is 9.53 Å². The van der Waals surface area contributed by atoms with E-state index in [0.717, 1.165) is 18.4 Å². The number of carbonyl (C=O) groups is 1. The Balaban J connectivity index is 2.29. The van der Waals surface area contributed by atoms with Gasteiger partial charge in [-0.1, -0.05) is 17.7 Å². The molecule has 1 saturated carbocycles. The zero-order valence-corrected chi connectivity index (χ0v) is 11.2. The molecule has 0 radical (unpaired) electrons. The van der Waals surface area contributed by atoms with Crippen LogP contribution in [0.25, 0.3) is 0 Å². The Morgan fingerprint density at radius 2 is 2.11 bits per heavy atom. The van der Waals surface area contributed by atoms with Crippen molar-refractivity contribution in [1.29, 1.82) is 0 Å². The van der Waals surface area contributed by atoms with Crippen molar-refractivity contribution in [3.05, 3.63) is 28.8 Å². The van der Waals surface area contributed by atoms with Crippen LogP contribution in [0.5, 0.6) is 5.75 Å². The molecule has 1 fully saturated rings. The lowest BCUT2D eigenvalue weighted by atomic mass is 9.90. The van der Waals surface area contributed by atoms with E-state index < -0.39 is 11.5 Å². The maximum absolute atomic E-state index is 11.8. The summed E-state index contributed by atoms with van der Waals surface area (Å²) < 4.78 is 9.90. The molecule has 0 spiro atoms. The van der Waals surface area contributed by atoms with Gasteiger partial charge in [0.25, 0.3) is 0 Å². The van der Waals surface area contributed by atoms with Gasteiger partial charge in [0.1, 0.15) is 5.75 Å². The van der Waals surface area contributed by atoms with Gasteiger partial charge in [-0.2, -0.15) is 0 Å². The molecule has 1 aromatic carbocycles. The van der Waals surface area contributed by atoms with Crippen molar-refractivity contribution in [3.63, 3.8) is 0 Å². The van der Waals surface area contributed by atoms with Crippen molar-refractivity contribution in [1.82, 2.24) is 0 Å². The summed E-state index contributed by atoms with van der Waals surface area (Å²) >= 11 is 6.17. The van der Waals surface area contributed by atoms with Crippen LogP contribution in [0, 0.1) is 5.41 Å². The first-order valence-electron chi connectivity index (χ1n) is 5.72. The Bertz CT molecular complexity index is 471. The number of methoxy groups -OCH3 is 2. The van der Waals surface area contributed by atoms with E-state index in [4.69, 9.17) is 26.8 Å². The maximum Gasteiger partial charge on any atom is 0.313 e. The Hall–Kier alpha value is -1.26. The fraction of sp³-hybridized carbons (Fsp3) is 0.462. The van der Waals surface area contributed by atoms with Crippen LogP contribution in [0.4, 0.5) is 0 Å². The van der Waals surface area contributed by atoms with Crippen LogP contribution in [0.3, 0.4) is 0 Å². The second-order valence-electron chi connectivity index (χ2n) is 4.51.